The molecule has 1 atom stereocenters. The molecule has 0 unspecified atom stereocenters. The number of urea groups is 1. The summed E-state index contributed by atoms with van der Waals surface area (Å²) in [6, 6.07) is 12.8. The standard InChI is InChI=1S/C26H31N5O6/c1-36-18-12-10-17(11-13-18)28-26(35)27-16-6-5-9-21(25(34)37-2)30-23(32)15-14-22-29-20-8-4-3-7-19(20)24(33)31-22/h3-4,7-8,10-13,21H,5-6,9,14-16H2,1-2H3,(H,30,32)(H2,27,28,35)(H,29,31,33)/t21-/m0/s1. The van der Waals surface area contributed by atoms with E-state index in [0.29, 0.717) is 54.0 Å². The number of carbonyl (C=O) groups is 3. The van der Waals surface area contributed by atoms with Crippen LogP contribution in [0.15, 0.2) is 53.3 Å². The Balaban J connectivity index is 1.40. The lowest BCUT2D eigenvalue weighted by atomic mass is 10.1. The summed E-state index contributed by atoms with van der Waals surface area (Å²) in [5.41, 5.74) is 0.926. The third kappa shape index (κ3) is 8.34. The van der Waals surface area contributed by atoms with Crippen LogP contribution >= 0.6 is 0 Å². The number of ether oxygens (including phenoxy) is 2. The predicted molar refractivity (Wildman–Crippen MR) is 138 cm³/mol. The van der Waals surface area contributed by atoms with Gasteiger partial charge in [0.2, 0.25) is 5.91 Å². The van der Waals surface area contributed by atoms with E-state index in [1.165, 1.54) is 7.11 Å². The maximum atomic E-state index is 12.5. The Morgan fingerprint density at radius 1 is 1.03 bits per heavy atom. The largest absolute Gasteiger partial charge is 0.497 e. The first kappa shape index (κ1) is 27.2. The molecule has 0 aliphatic heterocycles. The second-order valence-electron chi connectivity index (χ2n) is 8.28. The van der Waals surface area contributed by atoms with Crippen LogP contribution in [0.3, 0.4) is 0 Å². The molecule has 1 heterocycles. The molecule has 0 aliphatic carbocycles. The van der Waals surface area contributed by atoms with Crippen molar-refractivity contribution < 1.29 is 23.9 Å². The van der Waals surface area contributed by atoms with Gasteiger partial charge in [0, 0.05) is 25.1 Å². The van der Waals surface area contributed by atoms with Gasteiger partial charge in [0.1, 0.15) is 17.6 Å². The van der Waals surface area contributed by atoms with Gasteiger partial charge in [-0.3, -0.25) is 9.59 Å². The zero-order chi connectivity index (χ0) is 26.6. The number of rotatable bonds is 12. The topological polar surface area (TPSA) is 152 Å². The number of benzene rings is 2. The van der Waals surface area contributed by atoms with E-state index in [2.05, 4.69) is 25.9 Å². The van der Waals surface area contributed by atoms with Gasteiger partial charge >= 0.3 is 12.0 Å². The van der Waals surface area contributed by atoms with Crippen LogP contribution in [-0.4, -0.2) is 54.7 Å². The van der Waals surface area contributed by atoms with E-state index >= 15 is 0 Å². The number of aromatic nitrogens is 2. The summed E-state index contributed by atoms with van der Waals surface area (Å²) in [7, 11) is 2.83. The van der Waals surface area contributed by atoms with Crippen LogP contribution in [0.4, 0.5) is 10.5 Å². The summed E-state index contributed by atoms with van der Waals surface area (Å²) in [5.74, 6) is 0.185. The summed E-state index contributed by atoms with van der Waals surface area (Å²) in [5, 5.41) is 8.64. The normalized spacial score (nSPS) is 11.4. The molecule has 0 saturated carbocycles. The molecule has 0 radical (unpaired) electrons. The van der Waals surface area contributed by atoms with Crippen molar-refractivity contribution in [2.45, 2.75) is 38.1 Å². The number of unbranched alkanes of at least 4 members (excludes halogenated alkanes) is 1. The van der Waals surface area contributed by atoms with Crippen molar-refractivity contribution in [3.05, 3.63) is 64.7 Å². The number of esters is 1. The van der Waals surface area contributed by atoms with Crippen molar-refractivity contribution in [3.8, 4) is 5.75 Å². The van der Waals surface area contributed by atoms with E-state index in [-0.39, 0.29) is 30.3 Å². The molecule has 0 fully saturated rings. The highest BCUT2D eigenvalue weighted by Gasteiger charge is 2.21. The molecular formula is C26H31N5O6. The molecule has 37 heavy (non-hydrogen) atoms. The minimum absolute atomic E-state index is 0.0435. The second-order valence-corrected chi connectivity index (χ2v) is 8.28. The van der Waals surface area contributed by atoms with Gasteiger partial charge in [-0.15, -0.1) is 0 Å². The molecule has 11 nitrogen and oxygen atoms in total. The highest BCUT2D eigenvalue weighted by Crippen LogP contribution is 2.14. The number of anilines is 1. The van der Waals surface area contributed by atoms with Gasteiger partial charge in [-0.2, -0.15) is 0 Å². The highest BCUT2D eigenvalue weighted by molar-refractivity contribution is 5.89. The van der Waals surface area contributed by atoms with Gasteiger partial charge in [-0.05, 0) is 55.7 Å². The molecule has 196 valence electrons. The lowest BCUT2D eigenvalue weighted by molar-refractivity contribution is -0.145. The van der Waals surface area contributed by atoms with E-state index in [0.717, 1.165) is 0 Å². The van der Waals surface area contributed by atoms with Gasteiger partial charge in [0.25, 0.3) is 5.56 Å². The van der Waals surface area contributed by atoms with E-state index in [4.69, 9.17) is 9.47 Å². The maximum absolute atomic E-state index is 12.5. The van der Waals surface area contributed by atoms with E-state index in [1.54, 1.807) is 55.6 Å². The minimum Gasteiger partial charge on any atom is -0.497 e. The molecule has 4 N–H and O–H groups in total. The number of methoxy groups -OCH3 is 2. The van der Waals surface area contributed by atoms with Gasteiger partial charge in [0.05, 0.1) is 25.1 Å². The highest BCUT2D eigenvalue weighted by atomic mass is 16.5. The van der Waals surface area contributed by atoms with Crippen molar-refractivity contribution in [3.63, 3.8) is 0 Å². The Bertz CT molecular complexity index is 1270. The molecule has 11 heteroatoms. The molecule has 0 saturated heterocycles. The van der Waals surface area contributed by atoms with Crippen LogP contribution in [0.5, 0.6) is 5.75 Å². The third-order valence-electron chi connectivity index (χ3n) is 5.62. The first-order valence-electron chi connectivity index (χ1n) is 11.9. The van der Waals surface area contributed by atoms with Gasteiger partial charge < -0.3 is 30.4 Å². The number of hydrogen-bond acceptors (Lipinski definition) is 7. The molecule has 2 aromatic carbocycles. The van der Waals surface area contributed by atoms with E-state index in [1.807, 2.05) is 0 Å². The first-order valence-corrected chi connectivity index (χ1v) is 11.9. The van der Waals surface area contributed by atoms with Crippen molar-refractivity contribution in [1.82, 2.24) is 20.6 Å². The Morgan fingerprint density at radius 3 is 2.51 bits per heavy atom. The van der Waals surface area contributed by atoms with E-state index < -0.39 is 12.0 Å². The Labute approximate surface area is 214 Å². The summed E-state index contributed by atoms with van der Waals surface area (Å²) in [6.07, 6.45) is 1.78. The number of amides is 3. The number of carbonyl (C=O) groups excluding carboxylic acids is 3. The van der Waals surface area contributed by atoms with Crippen LogP contribution < -0.4 is 26.2 Å². The third-order valence-corrected chi connectivity index (χ3v) is 5.62. The average molecular weight is 510 g/mol. The summed E-state index contributed by atoms with van der Waals surface area (Å²) < 4.78 is 9.90. The second kappa shape index (κ2) is 13.6. The molecule has 0 bridgehead atoms. The number of aryl methyl sites for hydroxylation is 1. The predicted octanol–water partition coefficient (Wildman–Crippen LogP) is 2.51. The molecule has 0 spiro atoms. The van der Waals surface area contributed by atoms with Crippen LogP contribution in [0, 0.1) is 0 Å². The zero-order valence-corrected chi connectivity index (χ0v) is 20.8. The molecular weight excluding hydrogens is 478 g/mol. The quantitative estimate of drug-likeness (QED) is 0.216. The van der Waals surface area contributed by atoms with Gasteiger partial charge in [0.15, 0.2) is 0 Å². The Morgan fingerprint density at radius 2 is 1.78 bits per heavy atom. The molecule has 0 aliphatic rings. The fourth-order valence-electron chi connectivity index (χ4n) is 3.67. The number of hydrogen-bond donors (Lipinski definition) is 4. The summed E-state index contributed by atoms with van der Waals surface area (Å²) in [4.78, 5) is 55.9. The fraction of sp³-hybridized carbons (Fsp3) is 0.346. The number of nitrogens with zero attached hydrogens (tertiary/aromatic N) is 1. The van der Waals surface area contributed by atoms with E-state index in [9.17, 15) is 19.2 Å². The lowest BCUT2D eigenvalue weighted by Crippen LogP contribution is -2.41. The summed E-state index contributed by atoms with van der Waals surface area (Å²) >= 11 is 0. The van der Waals surface area contributed by atoms with Crippen molar-refractivity contribution >= 4 is 34.5 Å². The number of fused-ring (bicyclic) bond motifs is 1. The number of nitrogens with one attached hydrogen (secondary N) is 4. The molecule has 1 aromatic heterocycles. The molecule has 3 rings (SSSR count). The number of aromatic amines is 1. The van der Waals surface area contributed by atoms with Crippen LogP contribution in [0.1, 0.15) is 31.5 Å². The van der Waals surface area contributed by atoms with Crippen LogP contribution in [-0.2, 0) is 20.7 Å². The SMILES string of the molecule is COC(=O)[C@H](CCCCNC(=O)Nc1ccc(OC)cc1)NC(=O)CCc1nc2ccccc2c(=O)[nH]1. The van der Waals surface area contributed by atoms with Crippen molar-refractivity contribution in [2.75, 3.05) is 26.1 Å². The van der Waals surface area contributed by atoms with Gasteiger partial charge in [-0.25, -0.2) is 14.6 Å². The van der Waals surface area contributed by atoms with Crippen molar-refractivity contribution in [1.29, 1.82) is 0 Å². The Kier molecular flexibility index (Phi) is 10.0. The number of H-pyrrole nitrogens is 1. The van der Waals surface area contributed by atoms with Crippen molar-refractivity contribution in [2.24, 2.45) is 0 Å². The molecule has 3 amide bonds. The fourth-order valence-corrected chi connectivity index (χ4v) is 3.67. The first-order chi connectivity index (χ1) is 17.9. The summed E-state index contributed by atoms with van der Waals surface area (Å²) in [6.45, 7) is 0.394. The van der Waals surface area contributed by atoms with Crippen LogP contribution in [0.2, 0.25) is 0 Å². The van der Waals surface area contributed by atoms with Gasteiger partial charge in [-0.1, -0.05) is 12.1 Å². The Hall–Kier alpha value is -4.41. The lowest BCUT2D eigenvalue weighted by Gasteiger charge is -2.16. The maximum Gasteiger partial charge on any atom is 0.328 e. The minimum atomic E-state index is -0.811. The monoisotopic (exact) mass is 509 g/mol. The smallest absolute Gasteiger partial charge is 0.328 e. The number of para-hydroxylation sites is 1. The molecule has 3 aromatic rings. The van der Waals surface area contributed by atoms with Crippen LogP contribution in [0.25, 0.3) is 10.9 Å². The zero-order valence-electron chi connectivity index (χ0n) is 20.8. The average Bonchev–Trinajstić information content (AvgIpc) is 2.91.